The van der Waals surface area contributed by atoms with Gasteiger partial charge in [0.05, 0.1) is 0 Å². The molecule has 0 spiro atoms. The second-order valence-electron chi connectivity index (χ2n) is 1.32. The van der Waals surface area contributed by atoms with Crippen LogP contribution in [-0.4, -0.2) is 37.0 Å². The van der Waals surface area contributed by atoms with E-state index in [9.17, 15) is 31.1 Å². The number of carbonyl (C=O) groups excluding carboxylic acids is 1. The molecular weight excluding hydrogens is 173 g/mol. The summed E-state index contributed by atoms with van der Waals surface area (Å²) in [4.78, 5) is 9.24. The van der Waals surface area contributed by atoms with Crippen LogP contribution in [0.1, 0.15) is 0 Å². The van der Waals surface area contributed by atoms with Gasteiger partial charge in [0.25, 0.3) is 0 Å². The van der Waals surface area contributed by atoms with Crippen molar-refractivity contribution >= 4 is 24.6 Å². The predicted molar refractivity (Wildman–Crippen MR) is 24.3 cm³/mol. The summed E-state index contributed by atoms with van der Waals surface area (Å²) in [6.45, 7) is 0. The van der Waals surface area contributed by atoms with Gasteiger partial charge in [-0.25, -0.2) is 0 Å². The summed E-state index contributed by atoms with van der Waals surface area (Å²) >= 11 is 0. The fraction of sp³-hybridized carbons (Fsp3) is 0.667. The van der Waals surface area contributed by atoms with Crippen LogP contribution in [0.5, 0.6) is 0 Å². The van der Waals surface area contributed by atoms with Gasteiger partial charge >= 0.3 is 37.0 Å². The minimum atomic E-state index is -5.82. The van der Waals surface area contributed by atoms with Gasteiger partial charge in [0.2, 0.25) is 0 Å². The van der Waals surface area contributed by atoms with Crippen LogP contribution >= 0.6 is 0 Å². The van der Waals surface area contributed by atoms with E-state index in [4.69, 9.17) is 0 Å². The van der Waals surface area contributed by atoms with E-state index in [-0.39, 0.29) is 18.9 Å². The molecule has 0 aliphatic rings. The summed E-state index contributed by atoms with van der Waals surface area (Å²) in [6.07, 6.45) is -11.6. The SMILES string of the molecule is O=C(C(F)(F)F)C(F)(F)F.[LiH]. The molecule has 0 radical (unpaired) electrons. The molecule has 0 N–H and O–H groups in total. The van der Waals surface area contributed by atoms with Crippen molar-refractivity contribution in [2.24, 2.45) is 0 Å². The molecule has 0 fully saturated rings. The van der Waals surface area contributed by atoms with Crippen molar-refractivity contribution in [3.63, 3.8) is 0 Å². The van der Waals surface area contributed by atoms with Crippen LogP contribution in [-0.2, 0) is 4.79 Å². The second-order valence-corrected chi connectivity index (χ2v) is 1.32. The molecule has 0 saturated carbocycles. The first kappa shape index (κ1) is 13.4. The number of alkyl halides is 6. The number of hydrogen-bond acceptors (Lipinski definition) is 1. The Morgan fingerprint density at radius 2 is 1.00 bits per heavy atom. The average Bonchev–Trinajstić information content (AvgIpc) is 1.59. The summed E-state index contributed by atoms with van der Waals surface area (Å²) < 4.78 is 65.3. The molecule has 0 atom stereocenters. The van der Waals surface area contributed by atoms with Crippen molar-refractivity contribution in [1.82, 2.24) is 0 Å². The third-order valence-corrected chi connectivity index (χ3v) is 0.515. The van der Waals surface area contributed by atoms with Crippen LogP contribution in [0.4, 0.5) is 26.3 Å². The van der Waals surface area contributed by atoms with E-state index < -0.39 is 18.1 Å². The fourth-order valence-corrected chi connectivity index (χ4v) is 0.161. The van der Waals surface area contributed by atoms with E-state index in [0.29, 0.717) is 0 Å². The molecule has 0 aromatic rings. The van der Waals surface area contributed by atoms with Gasteiger partial charge in [-0.05, 0) is 0 Å². The van der Waals surface area contributed by atoms with Crippen LogP contribution in [0.15, 0.2) is 0 Å². The Hall–Kier alpha value is -0.153. The molecule has 0 unspecified atom stereocenters. The van der Waals surface area contributed by atoms with E-state index in [0.717, 1.165) is 0 Å². The van der Waals surface area contributed by atoms with Gasteiger partial charge in [-0.3, -0.25) is 4.79 Å². The molecule has 0 amide bonds. The molecule has 0 rings (SSSR count). The Balaban J connectivity index is 0. The van der Waals surface area contributed by atoms with Gasteiger partial charge in [-0.1, -0.05) is 0 Å². The molecule has 8 heteroatoms. The zero-order chi connectivity index (χ0) is 8.58. The third kappa shape index (κ3) is 4.32. The molecule has 0 aromatic carbocycles. The molecule has 0 bridgehead atoms. The van der Waals surface area contributed by atoms with Crippen LogP contribution in [0.3, 0.4) is 0 Å². The van der Waals surface area contributed by atoms with Crippen LogP contribution in [0, 0.1) is 0 Å². The molecule has 0 saturated heterocycles. The molecule has 62 valence electrons. The zero-order valence-corrected chi connectivity index (χ0v) is 4.18. The van der Waals surface area contributed by atoms with Crippen molar-refractivity contribution < 1.29 is 31.1 Å². The summed E-state index contributed by atoms with van der Waals surface area (Å²) in [5, 5.41) is 0. The summed E-state index contributed by atoms with van der Waals surface area (Å²) in [5.41, 5.74) is 0. The summed E-state index contributed by atoms with van der Waals surface area (Å²) in [5.74, 6) is -3.68. The third-order valence-electron chi connectivity index (χ3n) is 0.515. The average molecular weight is 174 g/mol. The number of Topliss-reactive ketones (excluding diaryl/α,β-unsaturated/α-hetero) is 1. The Bertz CT molecular complexity index is 129. The van der Waals surface area contributed by atoms with Crippen molar-refractivity contribution in [2.75, 3.05) is 0 Å². The number of hydrogen-bond donors (Lipinski definition) is 0. The Morgan fingerprint density at radius 3 is 1.00 bits per heavy atom. The second kappa shape index (κ2) is 3.50. The number of carbonyl (C=O) groups is 1. The molecular formula is C3HF6LiO. The molecule has 0 aliphatic carbocycles. The summed E-state index contributed by atoms with van der Waals surface area (Å²) in [6, 6.07) is 0. The van der Waals surface area contributed by atoms with Crippen LogP contribution < -0.4 is 0 Å². The van der Waals surface area contributed by atoms with E-state index >= 15 is 0 Å². The van der Waals surface area contributed by atoms with Gasteiger partial charge in [0, 0.05) is 0 Å². The number of ketones is 1. The monoisotopic (exact) mass is 174 g/mol. The van der Waals surface area contributed by atoms with Crippen LogP contribution in [0.25, 0.3) is 0 Å². The normalized spacial score (nSPS) is 12.2. The molecule has 11 heavy (non-hydrogen) atoms. The molecule has 0 aliphatic heterocycles. The van der Waals surface area contributed by atoms with Crippen molar-refractivity contribution in [3.8, 4) is 0 Å². The van der Waals surface area contributed by atoms with Gasteiger partial charge in [-0.15, -0.1) is 0 Å². The predicted octanol–water partition coefficient (Wildman–Crippen LogP) is 1.03. The van der Waals surface area contributed by atoms with E-state index in [2.05, 4.69) is 0 Å². The number of rotatable bonds is 0. The number of halogens is 6. The zero-order valence-electron chi connectivity index (χ0n) is 4.18. The maximum absolute atomic E-state index is 10.9. The standard InChI is InChI=1S/C3F6O.Li.H/c4-2(5,6)1(10)3(7,8)9;;. The van der Waals surface area contributed by atoms with Crippen molar-refractivity contribution in [1.29, 1.82) is 0 Å². The first-order valence-corrected chi connectivity index (χ1v) is 1.84. The van der Waals surface area contributed by atoms with E-state index in [1.807, 2.05) is 0 Å². The Labute approximate surface area is 68.9 Å². The first-order chi connectivity index (χ1) is 4.15. The van der Waals surface area contributed by atoms with Gasteiger partial charge in [0.1, 0.15) is 0 Å². The van der Waals surface area contributed by atoms with E-state index in [1.165, 1.54) is 0 Å². The van der Waals surface area contributed by atoms with Crippen molar-refractivity contribution in [2.45, 2.75) is 12.4 Å². The first-order valence-electron chi connectivity index (χ1n) is 1.84. The van der Waals surface area contributed by atoms with Gasteiger partial charge in [-0.2, -0.15) is 26.3 Å². The summed E-state index contributed by atoms with van der Waals surface area (Å²) in [7, 11) is 0. The maximum atomic E-state index is 10.9. The molecule has 1 nitrogen and oxygen atoms in total. The topological polar surface area (TPSA) is 17.1 Å². The quantitative estimate of drug-likeness (QED) is 0.396. The molecule has 0 aromatic heterocycles. The van der Waals surface area contributed by atoms with E-state index in [1.54, 1.807) is 0 Å². The van der Waals surface area contributed by atoms with Gasteiger partial charge < -0.3 is 0 Å². The van der Waals surface area contributed by atoms with Crippen LogP contribution in [0.2, 0.25) is 0 Å². The molecule has 0 heterocycles. The Kier molecular flexibility index (Phi) is 4.27. The van der Waals surface area contributed by atoms with Crippen molar-refractivity contribution in [3.05, 3.63) is 0 Å². The van der Waals surface area contributed by atoms with Gasteiger partial charge in [0.15, 0.2) is 0 Å². The Morgan fingerprint density at radius 1 is 0.818 bits per heavy atom. The minimum absolute atomic E-state index is 0. The fourth-order valence-electron chi connectivity index (χ4n) is 0.161.